The zero-order chi connectivity index (χ0) is 12.7. The molecule has 1 saturated carbocycles. The Hall–Kier alpha value is -1.28. The van der Waals surface area contributed by atoms with Gasteiger partial charge in [-0.25, -0.2) is 4.68 Å². The van der Waals surface area contributed by atoms with Crippen molar-refractivity contribution in [3.05, 3.63) is 46.7 Å². The van der Waals surface area contributed by atoms with Gasteiger partial charge in [0.2, 0.25) is 0 Å². The lowest BCUT2D eigenvalue weighted by Gasteiger charge is -2.09. The first-order valence-electron chi connectivity index (χ1n) is 6.51. The Bertz CT molecular complexity index is 550. The van der Waals surface area contributed by atoms with Crippen LogP contribution in [0.15, 0.2) is 30.3 Å². The van der Waals surface area contributed by atoms with Gasteiger partial charge in [0, 0.05) is 16.6 Å². The summed E-state index contributed by atoms with van der Waals surface area (Å²) in [7, 11) is 0. The van der Waals surface area contributed by atoms with Crippen molar-refractivity contribution in [3.63, 3.8) is 0 Å². The van der Waals surface area contributed by atoms with Crippen molar-refractivity contribution < 1.29 is 0 Å². The minimum Gasteiger partial charge on any atom is -0.237 e. The van der Waals surface area contributed by atoms with Crippen LogP contribution in [0.1, 0.15) is 49.9 Å². The summed E-state index contributed by atoms with van der Waals surface area (Å²) < 4.78 is 2.06. The van der Waals surface area contributed by atoms with E-state index in [0.29, 0.717) is 11.8 Å². The van der Waals surface area contributed by atoms with Gasteiger partial charge in [0.1, 0.15) is 0 Å². The van der Waals surface area contributed by atoms with Crippen molar-refractivity contribution in [3.8, 4) is 5.69 Å². The summed E-state index contributed by atoms with van der Waals surface area (Å²) in [5, 5.41) is 5.53. The van der Waals surface area contributed by atoms with Crippen LogP contribution in [-0.4, -0.2) is 9.78 Å². The van der Waals surface area contributed by atoms with Crippen molar-refractivity contribution in [2.45, 2.75) is 38.5 Å². The number of hydrogen-bond acceptors (Lipinski definition) is 1. The number of nitrogens with zero attached hydrogens (tertiary/aromatic N) is 2. The maximum absolute atomic E-state index is 5.94. The van der Waals surface area contributed by atoms with E-state index in [0.717, 1.165) is 10.7 Å². The average Bonchev–Trinajstić information content (AvgIpc) is 3.09. The highest BCUT2D eigenvalue weighted by atomic mass is 35.5. The maximum Gasteiger partial charge on any atom is 0.0662 e. The Balaban J connectivity index is 2.05. The molecule has 0 saturated heterocycles. The lowest BCUT2D eigenvalue weighted by Crippen LogP contribution is -2.03. The zero-order valence-electron chi connectivity index (χ0n) is 10.7. The maximum atomic E-state index is 5.94. The van der Waals surface area contributed by atoms with Gasteiger partial charge in [-0.1, -0.05) is 25.4 Å². The molecule has 1 aromatic heterocycles. The molecule has 2 nitrogen and oxygen atoms in total. The van der Waals surface area contributed by atoms with Gasteiger partial charge < -0.3 is 0 Å². The molecule has 0 amide bonds. The first-order valence-corrected chi connectivity index (χ1v) is 6.89. The molecule has 3 rings (SSSR count). The van der Waals surface area contributed by atoms with Gasteiger partial charge in [0.25, 0.3) is 0 Å². The molecule has 0 spiro atoms. The minimum absolute atomic E-state index is 0.473. The number of benzene rings is 1. The molecule has 1 fully saturated rings. The molecule has 94 valence electrons. The molecule has 3 heteroatoms. The molecule has 0 atom stereocenters. The van der Waals surface area contributed by atoms with E-state index in [1.165, 1.54) is 24.2 Å². The van der Waals surface area contributed by atoms with Crippen LogP contribution in [0.2, 0.25) is 5.02 Å². The molecule has 1 aliphatic carbocycles. The molecule has 1 aliphatic rings. The van der Waals surface area contributed by atoms with Crippen LogP contribution < -0.4 is 0 Å². The fraction of sp³-hybridized carbons (Fsp3) is 0.400. The fourth-order valence-corrected chi connectivity index (χ4v) is 2.32. The second-order valence-electron chi connectivity index (χ2n) is 5.31. The molecule has 0 aliphatic heterocycles. The fourth-order valence-electron chi connectivity index (χ4n) is 2.19. The van der Waals surface area contributed by atoms with Gasteiger partial charge in [-0.05, 0) is 49.1 Å². The van der Waals surface area contributed by atoms with Crippen LogP contribution >= 0.6 is 11.6 Å². The van der Waals surface area contributed by atoms with Crippen molar-refractivity contribution in [1.82, 2.24) is 9.78 Å². The summed E-state index contributed by atoms with van der Waals surface area (Å²) in [5.41, 5.74) is 3.61. The molecule has 1 aromatic carbocycles. The standard InChI is InChI=1S/C15H17ClN2/c1-10(2)15-9-14(11-3-4-11)17-18(15)13-7-5-12(16)6-8-13/h5-11H,3-4H2,1-2H3. The number of hydrogen-bond donors (Lipinski definition) is 0. The van der Waals surface area contributed by atoms with Gasteiger partial charge in [-0.2, -0.15) is 5.10 Å². The normalized spacial score (nSPS) is 15.3. The summed E-state index contributed by atoms with van der Waals surface area (Å²) in [4.78, 5) is 0. The predicted molar refractivity (Wildman–Crippen MR) is 74.6 cm³/mol. The van der Waals surface area contributed by atoms with Crippen LogP contribution in [0, 0.1) is 0 Å². The highest BCUT2D eigenvalue weighted by molar-refractivity contribution is 6.30. The van der Waals surface area contributed by atoms with Gasteiger partial charge in [-0.3, -0.25) is 0 Å². The van der Waals surface area contributed by atoms with Crippen molar-refractivity contribution in [1.29, 1.82) is 0 Å². The Kier molecular flexibility index (Phi) is 2.90. The minimum atomic E-state index is 0.473. The first kappa shape index (κ1) is 11.8. The van der Waals surface area contributed by atoms with E-state index in [2.05, 4.69) is 24.6 Å². The van der Waals surface area contributed by atoms with Gasteiger partial charge >= 0.3 is 0 Å². The van der Waals surface area contributed by atoms with Crippen LogP contribution in [-0.2, 0) is 0 Å². The van der Waals surface area contributed by atoms with E-state index in [4.69, 9.17) is 16.7 Å². The number of aromatic nitrogens is 2. The molecular weight excluding hydrogens is 244 g/mol. The summed E-state index contributed by atoms with van der Waals surface area (Å²) in [6, 6.07) is 10.1. The highest BCUT2D eigenvalue weighted by Crippen LogP contribution is 2.40. The highest BCUT2D eigenvalue weighted by Gasteiger charge is 2.27. The molecule has 0 radical (unpaired) electrons. The Labute approximate surface area is 113 Å². The third-order valence-electron chi connectivity index (χ3n) is 3.41. The molecular formula is C15H17ClN2. The quantitative estimate of drug-likeness (QED) is 0.793. The Morgan fingerprint density at radius 3 is 2.44 bits per heavy atom. The Morgan fingerprint density at radius 2 is 1.89 bits per heavy atom. The van der Waals surface area contributed by atoms with E-state index >= 15 is 0 Å². The van der Waals surface area contributed by atoms with Crippen LogP contribution in [0.5, 0.6) is 0 Å². The summed E-state index contributed by atoms with van der Waals surface area (Å²) in [6.45, 7) is 4.42. The second-order valence-corrected chi connectivity index (χ2v) is 5.75. The van der Waals surface area contributed by atoms with Gasteiger partial charge in [0.15, 0.2) is 0 Å². The lowest BCUT2D eigenvalue weighted by molar-refractivity contribution is 0.727. The van der Waals surface area contributed by atoms with Crippen molar-refractivity contribution in [2.75, 3.05) is 0 Å². The van der Waals surface area contributed by atoms with E-state index in [1.807, 2.05) is 24.3 Å². The Morgan fingerprint density at radius 1 is 1.22 bits per heavy atom. The summed E-state index contributed by atoms with van der Waals surface area (Å²) in [5.74, 6) is 1.16. The first-order chi connectivity index (χ1) is 8.65. The van der Waals surface area contributed by atoms with E-state index in [9.17, 15) is 0 Å². The second kappa shape index (κ2) is 4.43. The molecule has 1 heterocycles. The predicted octanol–water partition coefficient (Wildman–Crippen LogP) is 4.53. The largest absolute Gasteiger partial charge is 0.237 e. The zero-order valence-corrected chi connectivity index (χ0v) is 11.5. The molecule has 0 unspecified atom stereocenters. The molecule has 0 N–H and O–H groups in total. The smallest absolute Gasteiger partial charge is 0.0662 e. The number of rotatable bonds is 3. The monoisotopic (exact) mass is 260 g/mol. The average molecular weight is 261 g/mol. The van der Waals surface area contributed by atoms with E-state index in [1.54, 1.807) is 0 Å². The molecule has 0 bridgehead atoms. The third kappa shape index (κ3) is 2.17. The van der Waals surface area contributed by atoms with E-state index in [-0.39, 0.29) is 0 Å². The third-order valence-corrected chi connectivity index (χ3v) is 3.67. The summed E-state index contributed by atoms with van der Waals surface area (Å²) >= 11 is 5.94. The number of halogens is 1. The van der Waals surface area contributed by atoms with Crippen molar-refractivity contribution in [2.24, 2.45) is 0 Å². The van der Waals surface area contributed by atoms with Gasteiger partial charge in [-0.15, -0.1) is 0 Å². The lowest BCUT2D eigenvalue weighted by atomic mass is 10.1. The summed E-state index contributed by atoms with van der Waals surface area (Å²) in [6.07, 6.45) is 2.57. The van der Waals surface area contributed by atoms with Crippen LogP contribution in [0.3, 0.4) is 0 Å². The topological polar surface area (TPSA) is 17.8 Å². The van der Waals surface area contributed by atoms with Gasteiger partial charge in [0.05, 0.1) is 11.4 Å². The SMILES string of the molecule is CC(C)c1cc(C2CC2)nn1-c1ccc(Cl)cc1. The molecule has 18 heavy (non-hydrogen) atoms. The van der Waals surface area contributed by atoms with Crippen molar-refractivity contribution >= 4 is 11.6 Å². The van der Waals surface area contributed by atoms with E-state index < -0.39 is 0 Å². The van der Waals surface area contributed by atoms with Crippen LogP contribution in [0.25, 0.3) is 5.69 Å². The van der Waals surface area contributed by atoms with Crippen LogP contribution in [0.4, 0.5) is 0 Å². The molecule has 2 aromatic rings.